The third kappa shape index (κ3) is 7.14. The summed E-state index contributed by atoms with van der Waals surface area (Å²) in [6.45, 7) is 3.63. The van der Waals surface area contributed by atoms with E-state index in [0.717, 1.165) is 0 Å². The van der Waals surface area contributed by atoms with Crippen molar-refractivity contribution in [2.75, 3.05) is 0 Å². The molecule has 0 unspecified atom stereocenters. The quantitative estimate of drug-likeness (QED) is 0.659. The molecule has 0 aliphatic rings. The monoisotopic (exact) mass is 186 g/mol. The van der Waals surface area contributed by atoms with Crippen LogP contribution < -0.4 is 0 Å². The lowest BCUT2D eigenvalue weighted by molar-refractivity contribution is 0.454. The average Bonchev–Trinajstić information content (AvgIpc) is 2.05. The van der Waals surface area contributed by atoms with Crippen LogP contribution in [0.5, 0.6) is 0 Å². The highest BCUT2D eigenvalue weighted by Gasteiger charge is 1.75. The molecule has 0 bridgehead atoms. The summed E-state index contributed by atoms with van der Waals surface area (Å²) in [5.74, 6) is 0. The fourth-order valence-corrected chi connectivity index (χ4v) is 0.589. The Labute approximate surface area is 73.9 Å². The summed E-state index contributed by atoms with van der Waals surface area (Å²) in [6, 6.07) is 10.0. The summed E-state index contributed by atoms with van der Waals surface area (Å²) in [5.41, 5.74) is 1.17. The fourth-order valence-electron chi connectivity index (χ4n) is 0.589. The lowest BCUT2D eigenvalue weighted by atomic mass is 10.2. The highest BCUT2D eigenvalue weighted by atomic mass is 32.2. The summed E-state index contributed by atoms with van der Waals surface area (Å²) in [4.78, 5) is 0. The van der Waals surface area contributed by atoms with Crippen molar-refractivity contribution in [3.63, 3.8) is 0 Å². The molecule has 0 aliphatic heterocycles. The topological polar surface area (TPSA) is 57.5 Å². The van der Waals surface area contributed by atoms with Gasteiger partial charge in [0.05, 0.1) is 0 Å². The molecule has 12 heavy (non-hydrogen) atoms. The molecule has 0 spiro atoms. The summed E-state index contributed by atoms with van der Waals surface area (Å²) < 4.78 is 22.8. The standard InChI is InChI=1S/C8H8.H2O3S/c1-2-8-6-4-3-5-7-8;1-4(2)3/h2-7H,1H2;(H2,1,2,3). The van der Waals surface area contributed by atoms with Gasteiger partial charge in [-0.2, -0.15) is 4.21 Å². The van der Waals surface area contributed by atoms with E-state index in [1.807, 2.05) is 36.4 Å². The maximum Gasteiger partial charge on any atom is 0.299 e. The number of rotatable bonds is 1. The predicted octanol–water partition coefficient (Wildman–Crippen LogP) is 2.01. The van der Waals surface area contributed by atoms with Gasteiger partial charge in [-0.25, -0.2) is 0 Å². The van der Waals surface area contributed by atoms with Crippen molar-refractivity contribution in [1.82, 2.24) is 0 Å². The first kappa shape index (κ1) is 11.0. The molecule has 4 heteroatoms. The predicted molar refractivity (Wildman–Crippen MR) is 49.9 cm³/mol. The average molecular weight is 186 g/mol. The molecule has 0 amide bonds. The maximum atomic E-state index is 8.67. The lowest BCUT2D eigenvalue weighted by Gasteiger charge is -1.85. The minimum Gasteiger partial charge on any atom is -0.284 e. The van der Waals surface area contributed by atoms with E-state index in [1.165, 1.54) is 5.56 Å². The van der Waals surface area contributed by atoms with E-state index in [4.69, 9.17) is 13.3 Å². The molecule has 0 atom stereocenters. The highest BCUT2D eigenvalue weighted by molar-refractivity contribution is 7.73. The first-order valence-corrected chi connectivity index (χ1v) is 4.20. The molecular weight excluding hydrogens is 176 g/mol. The van der Waals surface area contributed by atoms with Crippen molar-refractivity contribution in [1.29, 1.82) is 0 Å². The van der Waals surface area contributed by atoms with Crippen molar-refractivity contribution < 1.29 is 13.3 Å². The van der Waals surface area contributed by atoms with Crippen molar-refractivity contribution in [2.24, 2.45) is 0 Å². The van der Waals surface area contributed by atoms with Crippen LogP contribution in [-0.2, 0) is 11.4 Å². The van der Waals surface area contributed by atoms with Gasteiger partial charge in [0.1, 0.15) is 0 Å². The molecule has 0 aromatic heterocycles. The van der Waals surface area contributed by atoms with E-state index in [0.29, 0.717) is 0 Å². The highest BCUT2D eigenvalue weighted by Crippen LogP contribution is 1.97. The largest absolute Gasteiger partial charge is 0.299 e. The van der Waals surface area contributed by atoms with Crippen LogP contribution >= 0.6 is 0 Å². The SMILES string of the molecule is C=Cc1ccccc1.O=S(O)O. The molecule has 2 N–H and O–H groups in total. The molecule has 0 fully saturated rings. The number of hydrogen-bond acceptors (Lipinski definition) is 1. The Kier molecular flexibility index (Phi) is 6.18. The van der Waals surface area contributed by atoms with Gasteiger partial charge < -0.3 is 0 Å². The van der Waals surface area contributed by atoms with Gasteiger partial charge in [-0.15, -0.1) is 0 Å². The Morgan fingerprint density at radius 3 is 1.92 bits per heavy atom. The third-order valence-corrected chi connectivity index (χ3v) is 1.04. The van der Waals surface area contributed by atoms with Gasteiger partial charge in [-0.3, -0.25) is 9.11 Å². The minimum atomic E-state index is -2.61. The molecule has 3 nitrogen and oxygen atoms in total. The van der Waals surface area contributed by atoms with E-state index in [1.54, 1.807) is 0 Å². The summed E-state index contributed by atoms with van der Waals surface area (Å²) in [6.07, 6.45) is 1.83. The lowest BCUT2D eigenvalue weighted by Crippen LogP contribution is -1.74. The second kappa shape index (κ2) is 6.72. The normalized spacial score (nSPS) is 8.58. The first-order chi connectivity index (χ1) is 5.66. The first-order valence-electron chi connectivity index (χ1n) is 3.14. The van der Waals surface area contributed by atoms with Crippen LogP contribution in [0.4, 0.5) is 0 Å². The van der Waals surface area contributed by atoms with E-state index in [2.05, 4.69) is 6.58 Å². The molecule has 1 aromatic carbocycles. The second-order valence-corrected chi connectivity index (χ2v) is 2.31. The molecular formula is C8H10O3S. The van der Waals surface area contributed by atoms with Crippen LogP contribution in [0.15, 0.2) is 36.9 Å². The fraction of sp³-hybridized carbons (Fsp3) is 0. The zero-order valence-corrected chi connectivity index (χ0v) is 7.20. The van der Waals surface area contributed by atoms with Crippen molar-refractivity contribution >= 4 is 17.4 Å². The van der Waals surface area contributed by atoms with Crippen molar-refractivity contribution in [3.8, 4) is 0 Å². The van der Waals surface area contributed by atoms with Gasteiger partial charge in [0.15, 0.2) is 0 Å². The van der Waals surface area contributed by atoms with Gasteiger partial charge >= 0.3 is 0 Å². The zero-order chi connectivity index (χ0) is 9.40. The van der Waals surface area contributed by atoms with Crippen LogP contribution in [0.3, 0.4) is 0 Å². The van der Waals surface area contributed by atoms with E-state index >= 15 is 0 Å². The summed E-state index contributed by atoms with van der Waals surface area (Å²) in [5, 5.41) is 0. The summed E-state index contributed by atoms with van der Waals surface area (Å²) in [7, 11) is 0. The molecule has 1 aromatic rings. The molecule has 0 saturated heterocycles. The molecule has 0 radical (unpaired) electrons. The van der Waals surface area contributed by atoms with Crippen LogP contribution in [0.2, 0.25) is 0 Å². The van der Waals surface area contributed by atoms with Gasteiger partial charge in [0.25, 0.3) is 11.4 Å². The third-order valence-electron chi connectivity index (χ3n) is 1.04. The second-order valence-electron chi connectivity index (χ2n) is 1.85. The van der Waals surface area contributed by atoms with Gasteiger partial charge in [0.2, 0.25) is 0 Å². The Bertz CT molecular complexity index is 242. The Balaban J connectivity index is 0.000000261. The Morgan fingerprint density at radius 2 is 1.67 bits per heavy atom. The molecule has 66 valence electrons. The smallest absolute Gasteiger partial charge is 0.284 e. The van der Waals surface area contributed by atoms with E-state index in [9.17, 15) is 0 Å². The Morgan fingerprint density at radius 1 is 1.25 bits per heavy atom. The minimum absolute atomic E-state index is 1.17. The molecule has 0 saturated carbocycles. The number of hydrogen-bond donors (Lipinski definition) is 2. The summed E-state index contributed by atoms with van der Waals surface area (Å²) >= 11 is -2.61. The Hall–Kier alpha value is -0.970. The molecule has 1 rings (SSSR count). The van der Waals surface area contributed by atoms with Gasteiger partial charge in [0, 0.05) is 0 Å². The van der Waals surface area contributed by atoms with Gasteiger partial charge in [-0.1, -0.05) is 43.0 Å². The maximum absolute atomic E-state index is 8.67. The van der Waals surface area contributed by atoms with E-state index in [-0.39, 0.29) is 0 Å². The van der Waals surface area contributed by atoms with Crippen molar-refractivity contribution in [2.45, 2.75) is 0 Å². The van der Waals surface area contributed by atoms with Crippen LogP contribution in [0.25, 0.3) is 6.08 Å². The zero-order valence-electron chi connectivity index (χ0n) is 6.38. The van der Waals surface area contributed by atoms with E-state index < -0.39 is 11.4 Å². The van der Waals surface area contributed by atoms with Crippen LogP contribution in [0.1, 0.15) is 5.56 Å². The van der Waals surface area contributed by atoms with Crippen molar-refractivity contribution in [3.05, 3.63) is 42.5 Å². The molecule has 0 heterocycles. The van der Waals surface area contributed by atoms with Gasteiger partial charge in [-0.05, 0) is 5.56 Å². The van der Waals surface area contributed by atoms with Crippen LogP contribution in [0, 0.1) is 0 Å². The molecule has 0 aliphatic carbocycles. The number of benzene rings is 1. The van der Waals surface area contributed by atoms with Crippen LogP contribution in [-0.4, -0.2) is 13.3 Å².